The van der Waals surface area contributed by atoms with E-state index in [9.17, 15) is 4.79 Å². The van der Waals surface area contributed by atoms with Gasteiger partial charge in [0.15, 0.2) is 0 Å². The van der Waals surface area contributed by atoms with Crippen molar-refractivity contribution < 1.29 is 4.79 Å². The predicted molar refractivity (Wildman–Crippen MR) is 83.1 cm³/mol. The molecular weight excluding hydrogens is 276 g/mol. The van der Waals surface area contributed by atoms with Crippen LogP contribution < -0.4 is 5.32 Å². The molecule has 1 N–H and O–H groups in total. The van der Waals surface area contributed by atoms with E-state index < -0.39 is 0 Å². The molecule has 2 aliphatic rings. The molecule has 3 rings (SSSR count). The van der Waals surface area contributed by atoms with Gasteiger partial charge in [-0.05, 0) is 37.3 Å². The number of aromatic nitrogens is 1. The molecule has 0 radical (unpaired) electrons. The molecule has 0 aromatic carbocycles. The largest absolute Gasteiger partial charge is 0.325 e. The van der Waals surface area contributed by atoms with Crippen molar-refractivity contribution in [1.29, 1.82) is 0 Å². The summed E-state index contributed by atoms with van der Waals surface area (Å²) < 4.78 is 0. The summed E-state index contributed by atoms with van der Waals surface area (Å²) in [6.45, 7) is 0. The van der Waals surface area contributed by atoms with E-state index >= 15 is 0 Å². The van der Waals surface area contributed by atoms with Gasteiger partial charge in [0.25, 0.3) is 0 Å². The molecule has 0 spiro atoms. The van der Waals surface area contributed by atoms with Gasteiger partial charge in [0, 0.05) is 34.8 Å². The number of rotatable bonds is 2. The minimum atomic E-state index is 0.103. The molecule has 0 saturated carbocycles. The van der Waals surface area contributed by atoms with Crippen molar-refractivity contribution >= 4 is 35.1 Å². The van der Waals surface area contributed by atoms with Crippen LogP contribution in [0.3, 0.4) is 0 Å². The van der Waals surface area contributed by atoms with Crippen molar-refractivity contribution in [1.82, 2.24) is 4.98 Å². The van der Waals surface area contributed by atoms with Gasteiger partial charge < -0.3 is 5.32 Å². The SMILES string of the molecule is O=C(Nc1ccnc2c1CCCC2)C1CSCCS1. The van der Waals surface area contributed by atoms with Crippen LogP contribution in [-0.2, 0) is 17.6 Å². The molecule has 1 aromatic heterocycles. The Balaban J connectivity index is 1.74. The summed E-state index contributed by atoms with van der Waals surface area (Å²) in [7, 11) is 0. The van der Waals surface area contributed by atoms with Crippen LogP contribution in [0.4, 0.5) is 5.69 Å². The van der Waals surface area contributed by atoms with Crippen LogP contribution in [0.5, 0.6) is 0 Å². The first-order valence-electron chi connectivity index (χ1n) is 6.81. The third-order valence-electron chi connectivity index (χ3n) is 3.60. The number of nitrogens with zero attached hydrogens (tertiary/aromatic N) is 1. The first-order chi connectivity index (χ1) is 9.34. The van der Waals surface area contributed by atoms with E-state index in [0.29, 0.717) is 0 Å². The Morgan fingerprint density at radius 3 is 3.05 bits per heavy atom. The van der Waals surface area contributed by atoms with Gasteiger partial charge in [-0.25, -0.2) is 0 Å². The van der Waals surface area contributed by atoms with E-state index in [1.54, 1.807) is 11.8 Å². The highest BCUT2D eigenvalue weighted by Crippen LogP contribution is 2.28. The zero-order valence-corrected chi connectivity index (χ0v) is 12.5. The van der Waals surface area contributed by atoms with Crippen molar-refractivity contribution in [2.75, 3.05) is 22.6 Å². The zero-order chi connectivity index (χ0) is 13.1. The quantitative estimate of drug-likeness (QED) is 0.910. The summed E-state index contributed by atoms with van der Waals surface area (Å²) in [5, 5.41) is 3.23. The molecule has 5 heteroatoms. The van der Waals surface area contributed by atoms with Crippen molar-refractivity contribution in [3.05, 3.63) is 23.5 Å². The van der Waals surface area contributed by atoms with E-state index in [-0.39, 0.29) is 11.2 Å². The number of amides is 1. The molecule has 1 fully saturated rings. The van der Waals surface area contributed by atoms with Crippen LogP contribution in [0.25, 0.3) is 0 Å². The minimum Gasteiger partial charge on any atom is -0.325 e. The molecule has 102 valence electrons. The average molecular weight is 294 g/mol. The highest BCUT2D eigenvalue weighted by Gasteiger charge is 2.23. The number of fused-ring (bicyclic) bond motifs is 1. The van der Waals surface area contributed by atoms with Crippen molar-refractivity contribution in [2.45, 2.75) is 30.9 Å². The number of hydrogen-bond donors (Lipinski definition) is 1. The molecule has 1 aliphatic heterocycles. The number of anilines is 1. The van der Waals surface area contributed by atoms with Crippen LogP contribution in [0.2, 0.25) is 0 Å². The van der Waals surface area contributed by atoms with Crippen molar-refractivity contribution in [2.24, 2.45) is 0 Å². The molecule has 3 nitrogen and oxygen atoms in total. The lowest BCUT2D eigenvalue weighted by Crippen LogP contribution is -2.30. The topological polar surface area (TPSA) is 42.0 Å². The van der Waals surface area contributed by atoms with Gasteiger partial charge in [-0.15, -0.1) is 11.8 Å². The second kappa shape index (κ2) is 6.18. The Bertz CT molecular complexity index is 473. The lowest BCUT2D eigenvalue weighted by molar-refractivity contribution is -0.115. The highest BCUT2D eigenvalue weighted by atomic mass is 32.2. The molecule has 19 heavy (non-hydrogen) atoms. The van der Waals surface area contributed by atoms with E-state index in [4.69, 9.17) is 0 Å². The Morgan fingerprint density at radius 2 is 2.21 bits per heavy atom. The number of hydrogen-bond acceptors (Lipinski definition) is 4. The van der Waals surface area contributed by atoms with Gasteiger partial charge in [-0.2, -0.15) is 11.8 Å². The van der Waals surface area contributed by atoms with Crippen LogP contribution in [-0.4, -0.2) is 33.4 Å². The Morgan fingerprint density at radius 1 is 1.32 bits per heavy atom. The van der Waals surface area contributed by atoms with E-state index in [1.807, 2.05) is 24.0 Å². The number of thioether (sulfide) groups is 2. The first-order valence-corrected chi connectivity index (χ1v) is 9.02. The summed E-state index contributed by atoms with van der Waals surface area (Å²) in [5.41, 5.74) is 3.43. The third kappa shape index (κ3) is 3.08. The maximum atomic E-state index is 12.3. The van der Waals surface area contributed by atoms with Gasteiger partial charge in [-0.1, -0.05) is 0 Å². The molecular formula is C14H18N2OS2. The van der Waals surface area contributed by atoms with Gasteiger partial charge in [-0.3, -0.25) is 9.78 Å². The number of carbonyl (C=O) groups excluding carboxylic acids is 1. The lowest BCUT2D eigenvalue weighted by Gasteiger charge is -2.22. The van der Waals surface area contributed by atoms with Crippen molar-refractivity contribution in [3.8, 4) is 0 Å². The Kier molecular flexibility index (Phi) is 4.33. The van der Waals surface area contributed by atoms with Crippen LogP contribution in [0, 0.1) is 0 Å². The molecule has 1 aliphatic carbocycles. The van der Waals surface area contributed by atoms with Crippen LogP contribution >= 0.6 is 23.5 Å². The van der Waals surface area contributed by atoms with E-state index in [0.717, 1.165) is 30.0 Å². The standard InChI is InChI=1S/C14H18N2OS2/c17-14(13-9-18-7-8-19-13)16-12-5-6-15-11-4-2-1-3-10(11)12/h5-6,13H,1-4,7-9H2,(H,15,16,17). The first kappa shape index (κ1) is 13.3. The number of aryl methyl sites for hydroxylation is 1. The maximum Gasteiger partial charge on any atom is 0.238 e. The van der Waals surface area contributed by atoms with Gasteiger partial charge in [0.2, 0.25) is 5.91 Å². The minimum absolute atomic E-state index is 0.103. The third-order valence-corrected chi connectivity index (χ3v) is 6.36. The summed E-state index contributed by atoms with van der Waals surface area (Å²) >= 11 is 3.66. The van der Waals surface area contributed by atoms with Gasteiger partial charge >= 0.3 is 0 Å². The Labute approximate surface area is 122 Å². The normalized spacial score (nSPS) is 22.6. The van der Waals surface area contributed by atoms with Crippen LogP contribution in [0.15, 0.2) is 12.3 Å². The molecule has 1 aromatic rings. The average Bonchev–Trinajstić information content (AvgIpc) is 2.48. The fourth-order valence-electron chi connectivity index (χ4n) is 2.59. The summed E-state index contributed by atoms with van der Waals surface area (Å²) in [6, 6.07) is 1.95. The number of nitrogens with one attached hydrogen (secondary N) is 1. The summed E-state index contributed by atoms with van der Waals surface area (Å²) in [6.07, 6.45) is 6.34. The molecule has 1 atom stereocenters. The highest BCUT2D eigenvalue weighted by molar-refractivity contribution is 8.07. The fourth-order valence-corrected chi connectivity index (χ4v) is 5.15. The zero-order valence-electron chi connectivity index (χ0n) is 10.9. The Hall–Kier alpha value is -0.680. The monoisotopic (exact) mass is 294 g/mol. The van der Waals surface area contributed by atoms with Crippen molar-refractivity contribution in [3.63, 3.8) is 0 Å². The molecule has 1 saturated heterocycles. The fraction of sp³-hybridized carbons (Fsp3) is 0.571. The van der Waals surface area contributed by atoms with E-state index in [2.05, 4.69) is 10.3 Å². The van der Waals surface area contributed by atoms with Crippen LogP contribution in [0.1, 0.15) is 24.1 Å². The molecule has 0 bridgehead atoms. The number of pyridine rings is 1. The lowest BCUT2D eigenvalue weighted by atomic mass is 9.95. The van der Waals surface area contributed by atoms with Gasteiger partial charge in [0.1, 0.15) is 0 Å². The number of carbonyl (C=O) groups is 1. The summed E-state index contributed by atoms with van der Waals surface area (Å²) in [4.78, 5) is 16.7. The second-order valence-corrected chi connectivity index (χ2v) is 7.37. The maximum absolute atomic E-state index is 12.3. The smallest absolute Gasteiger partial charge is 0.238 e. The molecule has 1 unspecified atom stereocenters. The predicted octanol–water partition coefficient (Wildman–Crippen LogP) is 2.75. The molecule has 2 heterocycles. The second-order valence-electron chi connectivity index (χ2n) is 4.91. The molecule has 1 amide bonds. The van der Waals surface area contributed by atoms with Gasteiger partial charge in [0.05, 0.1) is 5.25 Å². The summed E-state index contributed by atoms with van der Waals surface area (Å²) in [5.74, 6) is 3.34. The van der Waals surface area contributed by atoms with E-state index in [1.165, 1.54) is 29.9 Å².